The summed E-state index contributed by atoms with van der Waals surface area (Å²) in [5.41, 5.74) is 1.57. The number of nitrogens with one attached hydrogen (secondary N) is 3. The van der Waals surface area contributed by atoms with Crippen molar-refractivity contribution in [3.63, 3.8) is 0 Å². The predicted molar refractivity (Wildman–Crippen MR) is 98.3 cm³/mol. The lowest BCUT2D eigenvalue weighted by atomic mass is 10.0. The standard InChI is InChI=1S/C20H22N4O4/c25-17-4-3-16(18(26)23-17)24-19(27)13-2-1-10(5-14(13)20(24)28)8-21-9-12-6-11-7-15(11)22-12/h1-2,5,11-12,15-16,21-22H,3-4,6-9H2,(H,23,25,26)/t11-,12+,15+,16?/m1/s1. The van der Waals surface area contributed by atoms with Gasteiger partial charge in [0.2, 0.25) is 11.8 Å². The van der Waals surface area contributed by atoms with E-state index in [9.17, 15) is 19.2 Å². The number of nitrogens with zero attached hydrogens (tertiary/aromatic N) is 1. The smallest absolute Gasteiger partial charge is 0.262 e. The summed E-state index contributed by atoms with van der Waals surface area (Å²) in [5.74, 6) is -1.04. The van der Waals surface area contributed by atoms with Crippen LogP contribution in [0.1, 0.15) is 52.0 Å². The van der Waals surface area contributed by atoms with Crippen LogP contribution >= 0.6 is 0 Å². The quantitative estimate of drug-likeness (QED) is 0.616. The van der Waals surface area contributed by atoms with Crippen LogP contribution < -0.4 is 16.0 Å². The number of imide groups is 2. The number of carbonyl (C=O) groups excluding carboxylic acids is 4. The van der Waals surface area contributed by atoms with E-state index >= 15 is 0 Å². The molecule has 4 aliphatic rings. The fourth-order valence-corrected chi connectivity index (χ4v) is 4.61. The number of piperidine rings is 2. The Hall–Kier alpha value is -2.58. The monoisotopic (exact) mass is 382 g/mol. The van der Waals surface area contributed by atoms with E-state index in [-0.39, 0.29) is 18.7 Å². The third-order valence-corrected chi connectivity index (χ3v) is 6.18. The van der Waals surface area contributed by atoms with Crippen molar-refractivity contribution in [3.05, 3.63) is 34.9 Å². The Balaban J connectivity index is 1.26. The van der Waals surface area contributed by atoms with E-state index in [1.807, 2.05) is 6.07 Å². The Labute approximate surface area is 162 Å². The predicted octanol–water partition coefficient (Wildman–Crippen LogP) is -0.0722. The molecule has 1 unspecified atom stereocenters. The molecule has 28 heavy (non-hydrogen) atoms. The van der Waals surface area contributed by atoms with Gasteiger partial charge in [-0.15, -0.1) is 0 Å². The molecule has 0 radical (unpaired) electrons. The molecule has 8 nitrogen and oxygen atoms in total. The van der Waals surface area contributed by atoms with Crippen LogP contribution in [0.15, 0.2) is 18.2 Å². The minimum absolute atomic E-state index is 0.121. The Kier molecular flexibility index (Phi) is 4.06. The second-order valence-electron chi connectivity index (χ2n) is 8.16. The fourth-order valence-electron chi connectivity index (χ4n) is 4.61. The number of fused-ring (bicyclic) bond motifs is 2. The van der Waals surface area contributed by atoms with Gasteiger partial charge in [-0.05, 0) is 42.9 Å². The molecule has 4 amide bonds. The highest BCUT2D eigenvalue weighted by atomic mass is 16.2. The highest BCUT2D eigenvalue weighted by Gasteiger charge is 2.46. The first-order valence-electron chi connectivity index (χ1n) is 9.82. The highest BCUT2D eigenvalue weighted by molar-refractivity contribution is 6.23. The van der Waals surface area contributed by atoms with Crippen LogP contribution in [0.4, 0.5) is 0 Å². The average molecular weight is 382 g/mol. The molecular weight excluding hydrogens is 360 g/mol. The summed E-state index contributed by atoms with van der Waals surface area (Å²) in [4.78, 5) is 49.9. The summed E-state index contributed by atoms with van der Waals surface area (Å²) in [6.07, 6.45) is 2.81. The highest BCUT2D eigenvalue weighted by Crippen LogP contribution is 2.40. The van der Waals surface area contributed by atoms with Crippen molar-refractivity contribution in [2.24, 2.45) is 5.92 Å². The van der Waals surface area contributed by atoms with Crippen LogP contribution in [0.3, 0.4) is 0 Å². The first-order valence-corrected chi connectivity index (χ1v) is 9.82. The Morgan fingerprint density at radius 3 is 2.64 bits per heavy atom. The zero-order valence-corrected chi connectivity index (χ0v) is 15.4. The molecule has 0 bridgehead atoms. The molecule has 5 rings (SSSR count). The van der Waals surface area contributed by atoms with Gasteiger partial charge in [-0.1, -0.05) is 6.07 Å². The van der Waals surface area contributed by atoms with Crippen molar-refractivity contribution in [3.8, 4) is 0 Å². The minimum Gasteiger partial charge on any atom is -0.311 e. The van der Waals surface area contributed by atoms with Crippen LogP contribution in [0.5, 0.6) is 0 Å². The largest absolute Gasteiger partial charge is 0.311 e. The molecule has 1 aromatic rings. The first kappa shape index (κ1) is 17.5. The van der Waals surface area contributed by atoms with Gasteiger partial charge < -0.3 is 10.6 Å². The number of carbonyl (C=O) groups is 4. The normalized spacial score (nSPS) is 31.1. The van der Waals surface area contributed by atoms with Crippen molar-refractivity contribution in [1.82, 2.24) is 20.9 Å². The van der Waals surface area contributed by atoms with Gasteiger partial charge in [-0.25, -0.2) is 0 Å². The molecule has 3 fully saturated rings. The van der Waals surface area contributed by atoms with Gasteiger partial charge in [0.15, 0.2) is 0 Å². The number of hydrogen-bond acceptors (Lipinski definition) is 6. The van der Waals surface area contributed by atoms with Gasteiger partial charge in [0.25, 0.3) is 11.8 Å². The lowest BCUT2D eigenvalue weighted by molar-refractivity contribution is -0.136. The van der Waals surface area contributed by atoms with Crippen LogP contribution in [-0.4, -0.2) is 53.2 Å². The van der Waals surface area contributed by atoms with E-state index in [4.69, 9.17) is 0 Å². The number of amides is 4. The molecule has 1 aromatic carbocycles. The SMILES string of the molecule is O=C1CCC(N2C(=O)c3ccc(CNC[C@@H]4C[C@@H]5C[C@@H]5N4)cc3C2=O)C(=O)N1. The van der Waals surface area contributed by atoms with E-state index in [2.05, 4.69) is 16.0 Å². The Bertz CT molecular complexity index is 888. The molecule has 0 spiro atoms. The molecule has 3 aliphatic heterocycles. The second-order valence-corrected chi connectivity index (χ2v) is 8.16. The van der Waals surface area contributed by atoms with Crippen LogP contribution in [-0.2, 0) is 16.1 Å². The van der Waals surface area contributed by atoms with Crippen LogP contribution in [0.25, 0.3) is 0 Å². The minimum atomic E-state index is -0.924. The lowest BCUT2D eigenvalue weighted by Gasteiger charge is -2.27. The van der Waals surface area contributed by atoms with E-state index in [0.717, 1.165) is 22.9 Å². The van der Waals surface area contributed by atoms with Crippen molar-refractivity contribution in [1.29, 1.82) is 0 Å². The van der Waals surface area contributed by atoms with Crippen LogP contribution in [0, 0.1) is 5.92 Å². The third-order valence-electron chi connectivity index (χ3n) is 6.18. The van der Waals surface area contributed by atoms with E-state index in [1.54, 1.807) is 12.1 Å². The van der Waals surface area contributed by atoms with Crippen LogP contribution in [0.2, 0.25) is 0 Å². The van der Waals surface area contributed by atoms with E-state index < -0.39 is 23.8 Å². The molecule has 8 heteroatoms. The number of rotatable bonds is 5. The maximum Gasteiger partial charge on any atom is 0.262 e. The van der Waals surface area contributed by atoms with Gasteiger partial charge in [0.1, 0.15) is 6.04 Å². The average Bonchev–Trinajstić information content (AvgIpc) is 3.20. The van der Waals surface area contributed by atoms with Crippen molar-refractivity contribution < 1.29 is 19.2 Å². The lowest BCUT2D eigenvalue weighted by Crippen LogP contribution is -2.54. The first-order chi connectivity index (χ1) is 13.5. The number of hydrogen-bond donors (Lipinski definition) is 3. The molecule has 1 saturated carbocycles. The molecule has 3 N–H and O–H groups in total. The third kappa shape index (κ3) is 2.93. The molecule has 1 aliphatic carbocycles. The van der Waals surface area contributed by atoms with E-state index in [0.29, 0.717) is 29.8 Å². The summed E-state index contributed by atoms with van der Waals surface area (Å²) in [7, 11) is 0. The van der Waals surface area contributed by atoms with E-state index in [1.165, 1.54) is 12.8 Å². The van der Waals surface area contributed by atoms with Gasteiger partial charge in [0, 0.05) is 31.6 Å². The molecular formula is C20H22N4O4. The zero-order valence-electron chi connectivity index (χ0n) is 15.4. The summed E-state index contributed by atoms with van der Waals surface area (Å²) in [5, 5.41) is 9.21. The summed E-state index contributed by atoms with van der Waals surface area (Å²) in [6, 6.07) is 5.52. The van der Waals surface area contributed by atoms with Gasteiger partial charge in [-0.2, -0.15) is 0 Å². The van der Waals surface area contributed by atoms with Gasteiger partial charge >= 0.3 is 0 Å². The maximum atomic E-state index is 12.8. The van der Waals surface area contributed by atoms with Crippen molar-refractivity contribution in [2.75, 3.05) is 6.54 Å². The number of benzene rings is 1. The van der Waals surface area contributed by atoms with Crippen molar-refractivity contribution in [2.45, 2.75) is 50.4 Å². The van der Waals surface area contributed by atoms with Crippen molar-refractivity contribution >= 4 is 23.6 Å². The summed E-state index contributed by atoms with van der Waals surface area (Å²) < 4.78 is 0. The fraction of sp³-hybridized carbons (Fsp3) is 0.500. The zero-order chi connectivity index (χ0) is 19.4. The molecule has 3 heterocycles. The summed E-state index contributed by atoms with van der Waals surface area (Å²) in [6.45, 7) is 1.49. The second kappa shape index (κ2) is 6.49. The molecule has 4 atom stereocenters. The molecule has 2 saturated heterocycles. The summed E-state index contributed by atoms with van der Waals surface area (Å²) >= 11 is 0. The van der Waals surface area contributed by atoms with Gasteiger partial charge in [-0.3, -0.25) is 29.4 Å². The Morgan fingerprint density at radius 1 is 1.07 bits per heavy atom. The van der Waals surface area contributed by atoms with Gasteiger partial charge in [0.05, 0.1) is 11.1 Å². The topological polar surface area (TPSA) is 108 Å². The maximum absolute atomic E-state index is 12.8. The Morgan fingerprint density at radius 2 is 1.89 bits per heavy atom. The molecule has 146 valence electrons. The molecule has 0 aromatic heterocycles.